The Labute approximate surface area is 171 Å². The third kappa shape index (κ3) is 3.39. The van der Waals surface area contributed by atoms with Crippen molar-refractivity contribution in [2.75, 3.05) is 0 Å². The molecule has 144 valence electrons. The highest BCUT2D eigenvalue weighted by Gasteiger charge is 2.29. The van der Waals surface area contributed by atoms with E-state index in [1.807, 2.05) is 35.0 Å². The van der Waals surface area contributed by atoms with Gasteiger partial charge in [0.1, 0.15) is 11.8 Å². The van der Waals surface area contributed by atoms with Gasteiger partial charge in [0.25, 0.3) is 0 Å². The van der Waals surface area contributed by atoms with Crippen LogP contribution >= 0.6 is 0 Å². The zero-order chi connectivity index (χ0) is 19.6. The van der Waals surface area contributed by atoms with Crippen LogP contribution in [0.4, 0.5) is 0 Å². The molecule has 4 aromatic rings. The SMILES string of the molecule is O[C@H]1c2ccccc2CCC[C@H]1n1cc(-c2ccccc2)c(-c2ccccc2)n1. The van der Waals surface area contributed by atoms with E-state index in [1.54, 1.807) is 0 Å². The highest BCUT2D eigenvalue weighted by atomic mass is 16.3. The third-order valence-electron chi connectivity index (χ3n) is 5.89. The van der Waals surface area contributed by atoms with E-state index in [4.69, 9.17) is 5.10 Å². The van der Waals surface area contributed by atoms with Gasteiger partial charge in [-0.3, -0.25) is 4.68 Å². The van der Waals surface area contributed by atoms with E-state index >= 15 is 0 Å². The van der Waals surface area contributed by atoms with E-state index in [0.29, 0.717) is 0 Å². The molecule has 0 unspecified atom stereocenters. The predicted molar refractivity (Wildman–Crippen MR) is 116 cm³/mol. The Kier molecular flexibility index (Phi) is 4.74. The maximum absolute atomic E-state index is 11.2. The molecule has 3 aromatic carbocycles. The van der Waals surface area contributed by atoms with Crippen LogP contribution in [-0.4, -0.2) is 14.9 Å². The number of benzene rings is 3. The van der Waals surface area contributed by atoms with Crippen LogP contribution in [0, 0.1) is 0 Å². The number of hydrogen-bond acceptors (Lipinski definition) is 2. The van der Waals surface area contributed by atoms with Crippen molar-refractivity contribution in [1.29, 1.82) is 0 Å². The molecule has 1 aliphatic rings. The number of aromatic nitrogens is 2. The quantitative estimate of drug-likeness (QED) is 0.454. The molecule has 1 N–H and O–H groups in total. The highest BCUT2D eigenvalue weighted by molar-refractivity contribution is 5.80. The Bertz CT molecular complexity index is 1050. The molecular weight excluding hydrogens is 356 g/mol. The summed E-state index contributed by atoms with van der Waals surface area (Å²) in [6.45, 7) is 0. The van der Waals surface area contributed by atoms with Gasteiger partial charge in [-0.1, -0.05) is 84.9 Å². The lowest BCUT2D eigenvalue weighted by atomic mass is 9.99. The van der Waals surface area contributed by atoms with Crippen LogP contribution in [0.2, 0.25) is 0 Å². The number of hydrogen-bond donors (Lipinski definition) is 1. The van der Waals surface area contributed by atoms with Crippen LogP contribution in [0.1, 0.15) is 36.1 Å². The minimum absolute atomic E-state index is 0.0708. The monoisotopic (exact) mass is 380 g/mol. The number of fused-ring (bicyclic) bond motifs is 1. The largest absolute Gasteiger partial charge is 0.386 e. The Morgan fingerprint density at radius 1 is 0.793 bits per heavy atom. The summed E-state index contributed by atoms with van der Waals surface area (Å²) in [7, 11) is 0. The highest BCUT2D eigenvalue weighted by Crippen LogP contribution is 2.39. The summed E-state index contributed by atoms with van der Waals surface area (Å²) in [6.07, 6.45) is 4.50. The average Bonchev–Trinajstić information content (AvgIpc) is 3.15. The summed E-state index contributed by atoms with van der Waals surface area (Å²) in [5, 5.41) is 16.2. The van der Waals surface area contributed by atoms with Crippen molar-refractivity contribution in [2.24, 2.45) is 0 Å². The molecule has 0 saturated carbocycles. The van der Waals surface area contributed by atoms with Crippen molar-refractivity contribution in [2.45, 2.75) is 31.4 Å². The van der Waals surface area contributed by atoms with Gasteiger partial charge in [0, 0.05) is 17.3 Å². The Hall–Kier alpha value is -3.17. The summed E-state index contributed by atoms with van der Waals surface area (Å²) < 4.78 is 2.00. The first-order valence-corrected chi connectivity index (χ1v) is 10.3. The normalized spacial score (nSPS) is 18.8. The smallest absolute Gasteiger partial charge is 0.102 e. The lowest BCUT2D eigenvalue weighted by Gasteiger charge is -2.22. The number of rotatable bonds is 3. The number of nitrogens with zero attached hydrogens (tertiary/aromatic N) is 2. The van der Waals surface area contributed by atoms with Crippen LogP contribution in [0.15, 0.2) is 91.1 Å². The van der Waals surface area contributed by atoms with Crippen molar-refractivity contribution in [1.82, 2.24) is 9.78 Å². The molecule has 2 atom stereocenters. The minimum Gasteiger partial charge on any atom is -0.386 e. The average molecular weight is 380 g/mol. The molecule has 0 spiro atoms. The second kappa shape index (κ2) is 7.69. The molecule has 29 heavy (non-hydrogen) atoms. The lowest BCUT2D eigenvalue weighted by Crippen LogP contribution is -2.17. The van der Waals surface area contributed by atoms with Gasteiger partial charge in [0.15, 0.2) is 0 Å². The lowest BCUT2D eigenvalue weighted by molar-refractivity contribution is 0.103. The number of aliphatic hydroxyl groups excluding tert-OH is 1. The molecule has 0 aliphatic heterocycles. The number of aryl methyl sites for hydroxylation is 1. The number of aliphatic hydroxyl groups is 1. The first-order chi connectivity index (χ1) is 14.3. The first-order valence-electron chi connectivity index (χ1n) is 10.3. The van der Waals surface area contributed by atoms with Crippen LogP contribution in [-0.2, 0) is 6.42 Å². The van der Waals surface area contributed by atoms with Crippen LogP contribution in [0.3, 0.4) is 0 Å². The van der Waals surface area contributed by atoms with Gasteiger partial charge in [0.2, 0.25) is 0 Å². The molecule has 0 saturated heterocycles. The zero-order valence-electron chi connectivity index (χ0n) is 16.3. The van der Waals surface area contributed by atoms with Gasteiger partial charge < -0.3 is 5.11 Å². The van der Waals surface area contributed by atoms with Gasteiger partial charge >= 0.3 is 0 Å². The summed E-state index contributed by atoms with van der Waals surface area (Å²) >= 11 is 0. The van der Waals surface area contributed by atoms with Crippen LogP contribution in [0.25, 0.3) is 22.4 Å². The first kappa shape index (κ1) is 17.9. The van der Waals surface area contributed by atoms with E-state index in [-0.39, 0.29) is 6.04 Å². The van der Waals surface area contributed by atoms with Gasteiger partial charge in [-0.25, -0.2) is 0 Å². The maximum Gasteiger partial charge on any atom is 0.102 e. The predicted octanol–water partition coefficient (Wildman–Crippen LogP) is 5.83. The van der Waals surface area contributed by atoms with Crippen LogP contribution < -0.4 is 0 Å². The summed E-state index contributed by atoms with van der Waals surface area (Å²) in [4.78, 5) is 0. The molecule has 3 nitrogen and oxygen atoms in total. The van der Waals surface area contributed by atoms with Gasteiger partial charge in [0.05, 0.1) is 6.04 Å². The molecule has 1 aliphatic carbocycles. The van der Waals surface area contributed by atoms with E-state index in [9.17, 15) is 5.11 Å². The maximum atomic E-state index is 11.2. The fourth-order valence-corrected chi connectivity index (χ4v) is 4.39. The second-order valence-electron chi connectivity index (χ2n) is 7.71. The summed E-state index contributed by atoms with van der Waals surface area (Å²) in [5.74, 6) is 0. The fourth-order valence-electron chi connectivity index (χ4n) is 4.39. The molecular formula is C26H24N2O. The zero-order valence-corrected chi connectivity index (χ0v) is 16.3. The Morgan fingerprint density at radius 2 is 1.45 bits per heavy atom. The molecule has 0 fully saturated rings. The van der Waals surface area contributed by atoms with E-state index in [2.05, 4.69) is 60.8 Å². The van der Waals surface area contributed by atoms with Crippen molar-refractivity contribution in [3.05, 3.63) is 102 Å². The van der Waals surface area contributed by atoms with Crippen LogP contribution in [0.5, 0.6) is 0 Å². The molecule has 0 bridgehead atoms. The Balaban J connectivity index is 1.62. The molecule has 5 rings (SSSR count). The second-order valence-corrected chi connectivity index (χ2v) is 7.71. The van der Waals surface area contributed by atoms with E-state index < -0.39 is 6.10 Å². The van der Waals surface area contributed by atoms with Gasteiger partial charge in [-0.15, -0.1) is 0 Å². The molecule has 0 amide bonds. The summed E-state index contributed by atoms with van der Waals surface area (Å²) in [6, 6.07) is 28.9. The topological polar surface area (TPSA) is 38.0 Å². The molecule has 1 heterocycles. The minimum atomic E-state index is -0.555. The standard InChI is InChI=1S/C26H24N2O/c29-26-22-16-8-7-12-19(22)15-9-17-24(26)28-18-23(20-10-3-1-4-11-20)25(27-28)21-13-5-2-6-14-21/h1-8,10-14,16,18,24,26,29H,9,15,17H2/t24-,26+/m1/s1. The molecule has 3 heteroatoms. The summed E-state index contributed by atoms with van der Waals surface area (Å²) in [5.41, 5.74) is 6.58. The van der Waals surface area contributed by atoms with E-state index in [1.165, 1.54) is 5.56 Å². The van der Waals surface area contributed by atoms with E-state index in [0.717, 1.165) is 47.2 Å². The van der Waals surface area contributed by atoms with Crippen molar-refractivity contribution < 1.29 is 5.11 Å². The van der Waals surface area contributed by atoms with Gasteiger partial charge in [-0.05, 0) is 36.0 Å². The third-order valence-corrected chi connectivity index (χ3v) is 5.89. The van der Waals surface area contributed by atoms with Gasteiger partial charge in [-0.2, -0.15) is 5.10 Å². The Morgan fingerprint density at radius 3 is 2.21 bits per heavy atom. The fraction of sp³-hybridized carbons (Fsp3) is 0.192. The molecule has 1 aromatic heterocycles. The molecule has 0 radical (unpaired) electrons. The van der Waals surface area contributed by atoms with Crippen molar-refractivity contribution in [3.63, 3.8) is 0 Å². The van der Waals surface area contributed by atoms with Crippen molar-refractivity contribution in [3.8, 4) is 22.4 Å². The van der Waals surface area contributed by atoms with Crippen molar-refractivity contribution >= 4 is 0 Å².